The van der Waals surface area contributed by atoms with Gasteiger partial charge in [0.1, 0.15) is 0 Å². The number of nitrogens with two attached hydrogens (primary N) is 1. The summed E-state index contributed by atoms with van der Waals surface area (Å²) in [5.41, 5.74) is 5.04. The Labute approximate surface area is 97.4 Å². The first-order valence-electron chi connectivity index (χ1n) is 4.86. The fourth-order valence-corrected chi connectivity index (χ4v) is 3.08. The highest BCUT2D eigenvalue weighted by atomic mass is 32.2. The first-order valence-corrected chi connectivity index (χ1v) is 6.40. The third-order valence-corrected chi connectivity index (χ3v) is 4.42. The van der Waals surface area contributed by atoms with Crippen LogP contribution in [0, 0.1) is 0 Å². The van der Waals surface area contributed by atoms with Crippen molar-refractivity contribution in [2.45, 2.75) is 22.7 Å². The second-order valence-electron chi connectivity index (χ2n) is 3.47. The van der Waals surface area contributed by atoms with Gasteiger partial charge in [0, 0.05) is 0 Å². The number of benzene rings is 1. The fourth-order valence-electron chi connectivity index (χ4n) is 1.42. The van der Waals surface area contributed by atoms with Crippen molar-refractivity contribution in [3.8, 4) is 0 Å². The number of sulfone groups is 1. The number of halogens is 3. The molecule has 2 N–H and O–H groups in total. The topological polar surface area (TPSA) is 60.2 Å². The molecule has 96 valence electrons. The molecule has 1 rings (SSSR count). The quantitative estimate of drug-likeness (QED) is 0.904. The van der Waals surface area contributed by atoms with Gasteiger partial charge >= 0.3 is 6.18 Å². The van der Waals surface area contributed by atoms with Gasteiger partial charge in [0.25, 0.3) is 0 Å². The van der Waals surface area contributed by atoms with Crippen molar-refractivity contribution in [1.82, 2.24) is 0 Å². The van der Waals surface area contributed by atoms with E-state index in [1.807, 2.05) is 0 Å². The van der Waals surface area contributed by atoms with E-state index in [4.69, 9.17) is 5.73 Å². The van der Waals surface area contributed by atoms with Crippen molar-refractivity contribution in [1.29, 1.82) is 0 Å². The number of hydrogen-bond donors (Lipinski definition) is 1. The smallest absolute Gasteiger partial charge is 0.330 e. The lowest BCUT2D eigenvalue weighted by molar-refractivity contribution is -0.131. The minimum Gasteiger partial charge on any atom is -0.330 e. The van der Waals surface area contributed by atoms with E-state index in [0.29, 0.717) is 0 Å². The minimum absolute atomic E-state index is 0.337. The zero-order valence-electron chi connectivity index (χ0n) is 8.81. The van der Waals surface area contributed by atoms with E-state index >= 15 is 0 Å². The van der Waals surface area contributed by atoms with Gasteiger partial charge in [-0.25, -0.2) is 8.42 Å². The lowest BCUT2D eigenvalue weighted by Gasteiger charge is -2.19. The van der Waals surface area contributed by atoms with E-state index in [1.54, 1.807) is 0 Å². The minimum atomic E-state index is -4.81. The second-order valence-corrected chi connectivity index (χ2v) is 5.60. The van der Waals surface area contributed by atoms with Gasteiger partial charge in [-0.3, -0.25) is 0 Å². The Morgan fingerprint density at radius 1 is 1.18 bits per heavy atom. The molecule has 0 heterocycles. The van der Waals surface area contributed by atoms with Gasteiger partial charge in [-0.05, 0) is 25.1 Å². The molecule has 0 fully saturated rings. The lowest BCUT2D eigenvalue weighted by Crippen LogP contribution is -2.38. The molecule has 3 nitrogen and oxygen atoms in total. The van der Waals surface area contributed by atoms with Crippen LogP contribution >= 0.6 is 0 Å². The molecule has 0 radical (unpaired) electrons. The van der Waals surface area contributed by atoms with Crippen LogP contribution in [0.1, 0.15) is 6.42 Å². The first kappa shape index (κ1) is 14.0. The normalized spacial score (nSPS) is 14.6. The summed E-state index contributed by atoms with van der Waals surface area (Å²) >= 11 is 0. The third-order valence-electron chi connectivity index (χ3n) is 2.24. The highest BCUT2D eigenvalue weighted by Gasteiger charge is 2.48. The number of hydrogen-bond acceptors (Lipinski definition) is 3. The molecular weight excluding hydrogens is 255 g/mol. The summed E-state index contributed by atoms with van der Waals surface area (Å²) in [6.07, 6.45) is -5.45. The number of rotatable bonds is 4. The molecule has 1 unspecified atom stereocenters. The summed E-state index contributed by atoms with van der Waals surface area (Å²) < 4.78 is 61.5. The van der Waals surface area contributed by atoms with Gasteiger partial charge in [0.15, 0.2) is 15.1 Å². The van der Waals surface area contributed by atoms with Gasteiger partial charge < -0.3 is 5.73 Å². The summed E-state index contributed by atoms with van der Waals surface area (Å²) in [6.45, 7) is -0.337. The zero-order valence-corrected chi connectivity index (χ0v) is 9.63. The lowest BCUT2D eigenvalue weighted by atomic mass is 10.3. The van der Waals surface area contributed by atoms with Gasteiger partial charge in [0.05, 0.1) is 4.90 Å². The van der Waals surface area contributed by atoms with Crippen molar-refractivity contribution in [3.05, 3.63) is 30.3 Å². The second kappa shape index (κ2) is 5.05. The van der Waals surface area contributed by atoms with Crippen LogP contribution in [-0.2, 0) is 9.84 Å². The molecule has 1 aromatic rings. The molecule has 0 aliphatic rings. The maximum atomic E-state index is 12.7. The van der Waals surface area contributed by atoms with Gasteiger partial charge in [-0.15, -0.1) is 0 Å². The van der Waals surface area contributed by atoms with E-state index in [1.165, 1.54) is 18.2 Å². The number of alkyl halides is 3. The Morgan fingerprint density at radius 3 is 2.12 bits per heavy atom. The fraction of sp³-hybridized carbons (Fsp3) is 0.400. The Bertz CT molecular complexity index is 456. The molecule has 0 aliphatic carbocycles. The Balaban J connectivity index is 3.19. The molecule has 0 aliphatic heterocycles. The molecule has 1 atom stereocenters. The molecular formula is C10H12F3NO2S. The first-order chi connectivity index (χ1) is 7.80. The van der Waals surface area contributed by atoms with Crippen molar-refractivity contribution >= 4 is 9.84 Å². The summed E-state index contributed by atoms with van der Waals surface area (Å²) in [7, 11) is -4.43. The summed E-state index contributed by atoms with van der Waals surface area (Å²) in [5.74, 6) is 0. The van der Waals surface area contributed by atoms with E-state index in [2.05, 4.69) is 0 Å². The van der Waals surface area contributed by atoms with Gasteiger partial charge in [-0.2, -0.15) is 13.2 Å². The molecule has 0 bridgehead atoms. The van der Waals surface area contributed by atoms with Crippen LogP contribution in [0.4, 0.5) is 13.2 Å². The van der Waals surface area contributed by atoms with Gasteiger partial charge in [-0.1, -0.05) is 18.2 Å². The van der Waals surface area contributed by atoms with E-state index in [-0.39, 0.29) is 11.4 Å². The monoisotopic (exact) mass is 267 g/mol. The predicted molar refractivity (Wildman–Crippen MR) is 57.1 cm³/mol. The largest absolute Gasteiger partial charge is 0.405 e. The van der Waals surface area contributed by atoms with Crippen LogP contribution in [-0.4, -0.2) is 26.4 Å². The molecule has 0 amide bonds. The average molecular weight is 267 g/mol. The van der Waals surface area contributed by atoms with Crippen molar-refractivity contribution in [2.75, 3.05) is 6.54 Å². The van der Waals surface area contributed by atoms with Crippen LogP contribution in [0.3, 0.4) is 0 Å². The third kappa shape index (κ3) is 3.19. The maximum absolute atomic E-state index is 12.7. The summed E-state index contributed by atoms with van der Waals surface area (Å²) in [4.78, 5) is -0.337. The zero-order chi connectivity index (χ0) is 13.1. The van der Waals surface area contributed by atoms with Crippen molar-refractivity contribution in [3.63, 3.8) is 0 Å². The Kier molecular flexibility index (Phi) is 4.16. The standard InChI is InChI=1S/C10H12F3NO2S/c11-10(12,13)9(6-7-14)17(15,16)8-4-2-1-3-5-8/h1-5,9H,6-7,14H2. The predicted octanol–water partition coefficient (Wildman–Crippen LogP) is 1.74. The van der Waals surface area contributed by atoms with Crippen LogP contribution in [0.2, 0.25) is 0 Å². The van der Waals surface area contributed by atoms with Crippen LogP contribution in [0.15, 0.2) is 35.2 Å². The summed E-state index contributed by atoms with van der Waals surface area (Å²) in [5, 5.41) is -2.44. The van der Waals surface area contributed by atoms with Crippen LogP contribution in [0.5, 0.6) is 0 Å². The molecule has 7 heteroatoms. The van der Waals surface area contributed by atoms with Crippen molar-refractivity contribution in [2.24, 2.45) is 5.73 Å². The van der Waals surface area contributed by atoms with E-state index in [0.717, 1.165) is 12.1 Å². The van der Waals surface area contributed by atoms with Crippen molar-refractivity contribution < 1.29 is 21.6 Å². The Hall–Kier alpha value is -1.08. The van der Waals surface area contributed by atoms with E-state index < -0.39 is 27.7 Å². The van der Waals surface area contributed by atoms with E-state index in [9.17, 15) is 21.6 Å². The highest BCUT2D eigenvalue weighted by Crippen LogP contribution is 2.32. The molecule has 1 aromatic carbocycles. The molecule has 0 aromatic heterocycles. The highest BCUT2D eigenvalue weighted by molar-refractivity contribution is 7.92. The van der Waals surface area contributed by atoms with Gasteiger partial charge in [0.2, 0.25) is 0 Å². The molecule has 17 heavy (non-hydrogen) atoms. The molecule has 0 saturated heterocycles. The Morgan fingerprint density at radius 2 is 1.71 bits per heavy atom. The average Bonchev–Trinajstić information content (AvgIpc) is 2.25. The molecule has 0 spiro atoms. The van der Waals surface area contributed by atoms with Crippen LogP contribution < -0.4 is 5.73 Å². The SMILES string of the molecule is NCCC(C(F)(F)F)S(=O)(=O)c1ccccc1. The maximum Gasteiger partial charge on any atom is 0.405 e. The summed E-state index contributed by atoms with van der Waals surface area (Å²) in [6, 6.07) is 6.57. The molecule has 0 saturated carbocycles. The van der Waals surface area contributed by atoms with Crippen LogP contribution in [0.25, 0.3) is 0 Å².